The van der Waals surface area contributed by atoms with Gasteiger partial charge >= 0.3 is 0 Å². The highest BCUT2D eigenvalue weighted by Gasteiger charge is 2.12. The summed E-state index contributed by atoms with van der Waals surface area (Å²) in [5, 5.41) is 9.55. The third-order valence-electron chi connectivity index (χ3n) is 2.73. The first-order valence-electron chi connectivity index (χ1n) is 6.05. The predicted octanol–water partition coefficient (Wildman–Crippen LogP) is 2.90. The number of aryl methyl sites for hydroxylation is 2. The first-order chi connectivity index (χ1) is 7.56. The zero-order valence-electron chi connectivity index (χ0n) is 10.8. The Morgan fingerprint density at radius 2 is 1.81 bits per heavy atom. The van der Waals surface area contributed by atoms with E-state index < -0.39 is 0 Å². The van der Waals surface area contributed by atoms with Gasteiger partial charge in [-0.1, -0.05) is 25.1 Å². The summed E-state index contributed by atoms with van der Waals surface area (Å²) < 4.78 is 0. The molecule has 2 heteroatoms. The summed E-state index contributed by atoms with van der Waals surface area (Å²) in [5.41, 5.74) is 3.86. The molecule has 0 amide bonds. The number of hydrogen-bond donors (Lipinski definition) is 1. The van der Waals surface area contributed by atoms with E-state index in [0.717, 1.165) is 13.0 Å². The molecule has 1 unspecified atom stereocenters. The van der Waals surface area contributed by atoms with Crippen molar-refractivity contribution in [1.29, 1.82) is 0 Å². The Morgan fingerprint density at radius 1 is 1.25 bits per heavy atom. The lowest BCUT2D eigenvalue weighted by Gasteiger charge is -2.29. The Labute approximate surface area is 98.9 Å². The van der Waals surface area contributed by atoms with E-state index in [0.29, 0.717) is 6.54 Å². The van der Waals surface area contributed by atoms with Crippen molar-refractivity contribution in [2.75, 3.05) is 18.0 Å². The van der Waals surface area contributed by atoms with E-state index in [1.165, 1.54) is 16.8 Å². The van der Waals surface area contributed by atoms with Gasteiger partial charge in [-0.15, -0.1) is 0 Å². The summed E-state index contributed by atoms with van der Waals surface area (Å²) in [5.74, 6) is 0. The molecule has 0 aliphatic carbocycles. The molecule has 0 radical (unpaired) electrons. The van der Waals surface area contributed by atoms with Crippen LogP contribution in [0.5, 0.6) is 0 Å². The molecule has 0 bridgehead atoms. The smallest absolute Gasteiger partial charge is 0.0687 e. The highest BCUT2D eigenvalue weighted by atomic mass is 16.3. The Balaban J connectivity index is 3.00. The largest absolute Gasteiger partial charge is 0.392 e. The van der Waals surface area contributed by atoms with E-state index in [4.69, 9.17) is 0 Å². The van der Waals surface area contributed by atoms with Crippen molar-refractivity contribution in [3.8, 4) is 0 Å². The molecular formula is C14H23NO. The molecule has 1 atom stereocenters. The van der Waals surface area contributed by atoms with E-state index in [1.807, 2.05) is 6.92 Å². The van der Waals surface area contributed by atoms with Crippen LogP contribution in [-0.2, 0) is 0 Å². The van der Waals surface area contributed by atoms with E-state index >= 15 is 0 Å². The normalized spacial score (nSPS) is 12.6. The number of benzene rings is 1. The Kier molecular flexibility index (Phi) is 4.81. The third kappa shape index (κ3) is 3.24. The Hall–Kier alpha value is -1.02. The van der Waals surface area contributed by atoms with Crippen LogP contribution in [0.1, 0.15) is 31.4 Å². The molecule has 0 fully saturated rings. The van der Waals surface area contributed by atoms with Crippen molar-refractivity contribution in [1.82, 2.24) is 0 Å². The highest BCUT2D eigenvalue weighted by Crippen LogP contribution is 2.24. The average molecular weight is 221 g/mol. The van der Waals surface area contributed by atoms with E-state index in [2.05, 4.69) is 43.9 Å². The molecule has 2 nitrogen and oxygen atoms in total. The number of nitrogens with zero attached hydrogens (tertiary/aromatic N) is 1. The lowest BCUT2D eigenvalue weighted by Crippen LogP contribution is -2.32. The molecule has 1 aromatic rings. The van der Waals surface area contributed by atoms with Gasteiger partial charge in [-0.05, 0) is 38.3 Å². The zero-order valence-corrected chi connectivity index (χ0v) is 10.8. The lowest BCUT2D eigenvalue weighted by atomic mass is 10.1. The number of aliphatic hydroxyl groups is 1. The summed E-state index contributed by atoms with van der Waals surface area (Å²) in [6.07, 6.45) is 0.811. The molecule has 0 spiro atoms. The second kappa shape index (κ2) is 5.90. The predicted molar refractivity (Wildman–Crippen MR) is 70.1 cm³/mol. The Bertz CT molecular complexity index is 313. The number of aliphatic hydroxyl groups excluding tert-OH is 1. The monoisotopic (exact) mass is 221 g/mol. The van der Waals surface area contributed by atoms with Gasteiger partial charge in [0.25, 0.3) is 0 Å². The average Bonchev–Trinajstić information content (AvgIpc) is 2.16. The first kappa shape index (κ1) is 13.0. The Morgan fingerprint density at radius 3 is 2.25 bits per heavy atom. The van der Waals surface area contributed by atoms with Crippen LogP contribution in [0.25, 0.3) is 0 Å². The molecule has 0 aliphatic heterocycles. The maximum Gasteiger partial charge on any atom is 0.0687 e. The van der Waals surface area contributed by atoms with E-state index in [9.17, 15) is 5.11 Å². The van der Waals surface area contributed by atoms with Gasteiger partial charge in [0.1, 0.15) is 0 Å². The van der Waals surface area contributed by atoms with Crippen LogP contribution >= 0.6 is 0 Å². The molecule has 0 heterocycles. The minimum atomic E-state index is -0.287. The minimum absolute atomic E-state index is 0.287. The first-order valence-corrected chi connectivity index (χ1v) is 6.05. The highest BCUT2D eigenvalue weighted by molar-refractivity contribution is 5.58. The molecule has 0 saturated carbocycles. The van der Waals surface area contributed by atoms with Crippen molar-refractivity contribution in [2.45, 2.75) is 40.2 Å². The van der Waals surface area contributed by atoms with Crippen LogP contribution in [0, 0.1) is 13.8 Å². The maximum absolute atomic E-state index is 9.55. The van der Waals surface area contributed by atoms with Gasteiger partial charge in [0.2, 0.25) is 0 Å². The SMILES string of the molecule is CCCN(CC(C)O)c1c(C)cccc1C. The second-order valence-corrected chi connectivity index (χ2v) is 4.54. The van der Waals surface area contributed by atoms with Gasteiger partial charge in [-0.2, -0.15) is 0 Å². The van der Waals surface area contributed by atoms with Crippen LogP contribution in [0.3, 0.4) is 0 Å². The summed E-state index contributed by atoms with van der Waals surface area (Å²) >= 11 is 0. The van der Waals surface area contributed by atoms with Crippen LogP contribution in [-0.4, -0.2) is 24.3 Å². The standard InChI is InChI=1S/C14H23NO/c1-5-9-15(10-13(4)16)14-11(2)7-6-8-12(14)3/h6-8,13,16H,5,9-10H2,1-4H3. The van der Waals surface area contributed by atoms with Crippen LogP contribution in [0.15, 0.2) is 18.2 Å². The van der Waals surface area contributed by atoms with Gasteiger partial charge in [0, 0.05) is 18.8 Å². The van der Waals surface area contributed by atoms with Gasteiger partial charge in [-0.3, -0.25) is 0 Å². The molecular weight excluding hydrogens is 198 g/mol. The molecule has 0 saturated heterocycles. The number of hydrogen-bond acceptors (Lipinski definition) is 2. The quantitative estimate of drug-likeness (QED) is 0.826. The van der Waals surface area contributed by atoms with Gasteiger partial charge in [0.05, 0.1) is 6.10 Å². The fraction of sp³-hybridized carbons (Fsp3) is 0.571. The van der Waals surface area contributed by atoms with Gasteiger partial charge in [0.15, 0.2) is 0 Å². The summed E-state index contributed by atoms with van der Waals surface area (Å²) in [4.78, 5) is 2.29. The van der Waals surface area contributed by atoms with Gasteiger partial charge < -0.3 is 10.0 Å². The molecule has 0 aliphatic rings. The molecule has 0 aromatic heterocycles. The van der Waals surface area contributed by atoms with E-state index in [1.54, 1.807) is 0 Å². The van der Waals surface area contributed by atoms with Crippen LogP contribution < -0.4 is 4.90 Å². The number of para-hydroxylation sites is 1. The summed E-state index contributed by atoms with van der Waals surface area (Å²) in [6, 6.07) is 6.35. The topological polar surface area (TPSA) is 23.5 Å². The fourth-order valence-corrected chi connectivity index (χ4v) is 2.19. The number of anilines is 1. The molecule has 1 rings (SSSR count). The third-order valence-corrected chi connectivity index (χ3v) is 2.73. The fourth-order valence-electron chi connectivity index (χ4n) is 2.19. The lowest BCUT2D eigenvalue weighted by molar-refractivity contribution is 0.200. The summed E-state index contributed by atoms with van der Waals surface area (Å²) in [7, 11) is 0. The summed E-state index contributed by atoms with van der Waals surface area (Å²) in [6.45, 7) is 9.98. The minimum Gasteiger partial charge on any atom is -0.392 e. The zero-order chi connectivity index (χ0) is 12.1. The molecule has 90 valence electrons. The van der Waals surface area contributed by atoms with Crippen molar-refractivity contribution in [3.63, 3.8) is 0 Å². The van der Waals surface area contributed by atoms with Crippen molar-refractivity contribution in [2.24, 2.45) is 0 Å². The van der Waals surface area contributed by atoms with E-state index in [-0.39, 0.29) is 6.10 Å². The maximum atomic E-state index is 9.55. The molecule has 16 heavy (non-hydrogen) atoms. The van der Waals surface area contributed by atoms with Crippen LogP contribution in [0.4, 0.5) is 5.69 Å². The van der Waals surface area contributed by atoms with Gasteiger partial charge in [-0.25, -0.2) is 0 Å². The number of rotatable bonds is 5. The van der Waals surface area contributed by atoms with Crippen molar-refractivity contribution in [3.05, 3.63) is 29.3 Å². The van der Waals surface area contributed by atoms with Crippen molar-refractivity contribution >= 4 is 5.69 Å². The molecule has 1 N–H and O–H groups in total. The molecule has 1 aromatic carbocycles. The second-order valence-electron chi connectivity index (χ2n) is 4.54. The van der Waals surface area contributed by atoms with Crippen LogP contribution in [0.2, 0.25) is 0 Å². The van der Waals surface area contributed by atoms with Crippen molar-refractivity contribution < 1.29 is 5.11 Å².